The maximum Gasteiger partial charge on any atom is 0.220 e. The van der Waals surface area contributed by atoms with Gasteiger partial charge in [-0.3, -0.25) is 9.69 Å². The van der Waals surface area contributed by atoms with E-state index in [9.17, 15) is 4.79 Å². The summed E-state index contributed by atoms with van der Waals surface area (Å²) in [6.07, 6.45) is 3.12. The van der Waals surface area contributed by atoms with Crippen LogP contribution >= 0.6 is 0 Å². The molecule has 1 saturated heterocycles. The molecule has 4 heteroatoms. The van der Waals surface area contributed by atoms with Crippen molar-refractivity contribution in [3.05, 3.63) is 29.8 Å². The summed E-state index contributed by atoms with van der Waals surface area (Å²) in [4.78, 5) is 16.6. The van der Waals surface area contributed by atoms with Crippen LogP contribution in [0.2, 0.25) is 0 Å². The van der Waals surface area contributed by atoms with Crippen molar-refractivity contribution in [2.45, 2.75) is 39.2 Å². The van der Waals surface area contributed by atoms with Crippen molar-refractivity contribution in [3.63, 3.8) is 0 Å². The molecule has 1 fully saturated rings. The molecule has 0 saturated carbocycles. The van der Waals surface area contributed by atoms with Crippen LogP contribution in [0.25, 0.3) is 0 Å². The van der Waals surface area contributed by atoms with E-state index >= 15 is 0 Å². The van der Waals surface area contributed by atoms with Crippen LogP contribution in [0.5, 0.6) is 0 Å². The number of anilines is 1. The van der Waals surface area contributed by atoms with Gasteiger partial charge < -0.3 is 10.2 Å². The van der Waals surface area contributed by atoms with Gasteiger partial charge in [-0.05, 0) is 49.5 Å². The van der Waals surface area contributed by atoms with E-state index in [1.54, 1.807) is 0 Å². The Balaban J connectivity index is 2.06. The second-order valence-corrected chi connectivity index (χ2v) is 7.15. The van der Waals surface area contributed by atoms with Gasteiger partial charge in [0, 0.05) is 32.7 Å². The molecule has 2 rings (SSSR count). The molecule has 23 heavy (non-hydrogen) atoms. The average Bonchev–Trinajstić information content (AvgIpc) is 3.01. The summed E-state index contributed by atoms with van der Waals surface area (Å²) >= 11 is 0. The van der Waals surface area contributed by atoms with E-state index in [0.29, 0.717) is 18.9 Å². The molecule has 0 bridgehead atoms. The number of hydrogen-bond acceptors (Lipinski definition) is 3. The minimum Gasteiger partial charge on any atom is -0.378 e. The van der Waals surface area contributed by atoms with E-state index in [1.807, 2.05) is 0 Å². The molecule has 0 aliphatic carbocycles. The third-order valence-electron chi connectivity index (χ3n) is 4.46. The molecule has 1 amide bonds. The minimum absolute atomic E-state index is 0.161. The van der Waals surface area contributed by atoms with Crippen LogP contribution in [0.3, 0.4) is 0 Å². The van der Waals surface area contributed by atoms with Crippen LogP contribution in [0.15, 0.2) is 24.3 Å². The highest BCUT2D eigenvalue weighted by Crippen LogP contribution is 2.26. The van der Waals surface area contributed by atoms with Gasteiger partial charge in [0.25, 0.3) is 0 Å². The van der Waals surface area contributed by atoms with E-state index in [1.165, 1.54) is 24.1 Å². The van der Waals surface area contributed by atoms with E-state index in [2.05, 4.69) is 67.3 Å². The smallest absolute Gasteiger partial charge is 0.220 e. The van der Waals surface area contributed by atoms with Crippen LogP contribution < -0.4 is 10.2 Å². The second-order valence-electron chi connectivity index (χ2n) is 7.15. The highest BCUT2D eigenvalue weighted by Gasteiger charge is 2.24. The van der Waals surface area contributed by atoms with Crippen LogP contribution in [0, 0.1) is 5.92 Å². The number of nitrogens with zero attached hydrogens (tertiary/aromatic N) is 2. The first-order chi connectivity index (χ1) is 11.0. The highest BCUT2D eigenvalue weighted by molar-refractivity contribution is 5.76. The Kier molecular flexibility index (Phi) is 6.46. The lowest BCUT2D eigenvalue weighted by atomic mass is 10.0. The summed E-state index contributed by atoms with van der Waals surface area (Å²) in [5, 5.41) is 3.14. The zero-order valence-corrected chi connectivity index (χ0v) is 15.0. The molecule has 1 atom stereocenters. The van der Waals surface area contributed by atoms with Crippen molar-refractivity contribution in [1.29, 1.82) is 0 Å². The van der Waals surface area contributed by atoms with Gasteiger partial charge in [0.1, 0.15) is 0 Å². The number of rotatable bonds is 7. The highest BCUT2D eigenvalue weighted by atomic mass is 16.1. The maximum atomic E-state index is 12.0. The predicted octanol–water partition coefficient (Wildman–Crippen LogP) is 3.05. The minimum atomic E-state index is 0.161. The number of nitrogens with one attached hydrogen (secondary N) is 1. The van der Waals surface area contributed by atoms with Crippen molar-refractivity contribution in [2.75, 3.05) is 38.6 Å². The number of carbonyl (C=O) groups excluding carboxylic acids is 1. The molecule has 1 heterocycles. The molecule has 1 unspecified atom stereocenters. The third kappa shape index (κ3) is 5.24. The first-order valence-electron chi connectivity index (χ1n) is 8.75. The van der Waals surface area contributed by atoms with Gasteiger partial charge in [-0.15, -0.1) is 0 Å². The van der Waals surface area contributed by atoms with Gasteiger partial charge in [0.05, 0.1) is 6.04 Å². The molecule has 1 aromatic carbocycles. The van der Waals surface area contributed by atoms with E-state index in [4.69, 9.17) is 0 Å². The van der Waals surface area contributed by atoms with Gasteiger partial charge in [0.2, 0.25) is 5.91 Å². The summed E-state index contributed by atoms with van der Waals surface area (Å²) in [6.45, 7) is 7.11. The zero-order chi connectivity index (χ0) is 16.8. The molecule has 128 valence electrons. The Morgan fingerprint density at radius 3 is 2.30 bits per heavy atom. The molecular formula is C19H31N3O. The van der Waals surface area contributed by atoms with Crippen LogP contribution in [-0.2, 0) is 4.79 Å². The number of likely N-dealkylation sites (tertiary alicyclic amines) is 1. The van der Waals surface area contributed by atoms with Gasteiger partial charge in [-0.2, -0.15) is 0 Å². The van der Waals surface area contributed by atoms with E-state index in [0.717, 1.165) is 13.1 Å². The van der Waals surface area contributed by atoms with Crippen molar-refractivity contribution in [1.82, 2.24) is 10.2 Å². The van der Waals surface area contributed by atoms with E-state index < -0.39 is 0 Å². The number of benzene rings is 1. The summed E-state index contributed by atoms with van der Waals surface area (Å²) in [7, 11) is 4.11. The fourth-order valence-electron chi connectivity index (χ4n) is 3.16. The van der Waals surface area contributed by atoms with Crippen molar-refractivity contribution in [2.24, 2.45) is 5.92 Å². The van der Waals surface area contributed by atoms with Gasteiger partial charge in [-0.1, -0.05) is 26.0 Å². The summed E-state index contributed by atoms with van der Waals surface area (Å²) < 4.78 is 0. The molecule has 0 radical (unpaired) electrons. The Hall–Kier alpha value is -1.55. The third-order valence-corrected chi connectivity index (χ3v) is 4.46. The maximum absolute atomic E-state index is 12.0. The molecular weight excluding hydrogens is 286 g/mol. The first kappa shape index (κ1) is 17.8. The fourth-order valence-corrected chi connectivity index (χ4v) is 3.16. The SMILES string of the molecule is CC(C)CC(=O)NCC(c1ccc(N(C)C)cc1)N1CCCC1. The topological polar surface area (TPSA) is 35.6 Å². The van der Waals surface area contributed by atoms with Crippen LogP contribution in [0.4, 0.5) is 5.69 Å². The molecule has 1 aromatic rings. The normalized spacial score (nSPS) is 16.6. The standard InChI is InChI=1S/C19H31N3O/c1-15(2)13-19(23)20-14-18(22-11-5-6-12-22)16-7-9-17(10-8-16)21(3)4/h7-10,15,18H,5-6,11-14H2,1-4H3,(H,20,23). The lowest BCUT2D eigenvalue weighted by Gasteiger charge is -2.28. The average molecular weight is 317 g/mol. The number of carbonyl (C=O) groups is 1. The van der Waals surface area contributed by atoms with E-state index in [-0.39, 0.29) is 11.9 Å². The lowest BCUT2D eigenvalue weighted by Crippen LogP contribution is -2.37. The van der Waals surface area contributed by atoms with Gasteiger partial charge in [-0.25, -0.2) is 0 Å². The number of amides is 1. The number of hydrogen-bond donors (Lipinski definition) is 1. The quantitative estimate of drug-likeness (QED) is 0.839. The monoisotopic (exact) mass is 317 g/mol. The summed E-state index contributed by atoms with van der Waals surface area (Å²) in [5.74, 6) is 0.564. The summed E-state index contributed by atoms with van der Waals surface area (Å²) in [5.41, 5.74) is 2.50. The van der Waals surface area contributed by atoms with Crippen LogP contribution in [0.1, 0.15) is 44.7 Å². The van der Waals surface area contributed by atoms with Gasteiger partial charge >= 0.3 is 0 Å². The van der Waals surface area contributed by atoms with Gasteiger partial charge in [0.15, 0.2) is 0 Å². The zero-order valence-electron chi connectivity index (χ0n) is 15.0. The first-order valence-corrected chi connectivity index (χ1v) is 8.75. The Bertz CT molecular complexity index is 490. The van der Waals surface area contributed by atoms with Crippen molar-refractivity contribution in [3.8, 4) is 0 Å². The van der Waals surface area contributed by atoms with Crippen molar-refractivity contribution >= 4 is 11.6 Å². The molecule has 4 nitrogen and oxygen atoms in total. The Morgan fingerprint density at radius 1 is 1.17 bits per heavy atom. The Morgan fingerprint density at radius 2 is 1.78 bits per heavy atom. The summed E-state index contributed by atoms with van der Waals surface area (Å²) in [6, 6.07) is 9.01. The van der Waals surface area contributed by atoms with Crippen LogP contribution in [-0.4, -0.2) is 44.5 Å². The molecule has 0 spiro atoms. The van der Waals surface area contributed by atoms with Crippen molar-refractivity contribution < 1.29 is 4.79 Å². The Labute approximate surface area is 140 Å². The largest absolute Gasteiger partial charge is 0.378 e. The fraction of sp³-hybridized carbons (Fsp3) is 0.632. The molecule has 1 N–H and O–H groups in total. The second kappa shape index (κ2) is 8.34. The lowest BCUT2D eigenvalue weighted by molar-refractivity contribution is -0.122. The predicted molar refractivity (Wildman–Crippen MR) is 96.8 cm³/mol. The molecule has 1 aliphatic rings. The molecule has 0 aromatic heterocycles. The molecule has 1 aliphatic heterocycles.